The van der Waals surface area contributed by atoms with Crippen molar-refractivity contribution < 1.29 is 18.3 Å². The van der Waals surface area contributed by atoms with Gasteiger partial charge in [0.2, 0.25) is 0 Å². The van der Waals surface area contributed by atoms with Crippen molar-refractivity contribution in [3.63, 3.8) is 0 Å². The number of hydrogen-bond donors (Lipinski definition) is 0. The number of alkyl halides is 2. The molecule has 100 valence electrons. The molecule has 1 aromatic rings. The van der Waals surface area contributed by atoms with E-state index in [4.69, 9.17) is 4.74 Å². The number of morpholine rings is 1. The highest BCUT2D eigenvalue weighted by atomic mass is 32.1. The number of carbonyl (C=O) groups excluding carboxylic acids is 1. The molecule has 0 N–H and O–H groups in total. The zero-order valence-corrected chi connectivity index (χ0v) is 11.0. The van der Waals surface area contributed by atoms with Crippen LogP contribution in [0.4, 0.5) is 13.8 Å². The van der Waals surface area contributed by atoms with E-state index in [-0.39, 0.29) is 16.5 Å². The molecule has 0 saturated carbocycles. The molecule has 0 unspecified atom stereocenters. The van der Waals surface area contributed by atoms with Gasteiger partial charge in [0.05, 0.1) is 13.2 Å². The predicted octanol–water partition coefficient (Wildman–Crippen LogP) is 2.29. The van der Waals surface area contributed by atoms with Crippen molar-refractivity contribution in [1.29, 1.82) is 0 Å². The number of halogens is 2. The number of carbonyl (C=O) groups is 1. The largest absolute Gasteiger partial charge is 0.378 e. The number of rotatable bonds is 3. The molecule has 0 radical (unpaired) electrons. The van der Waals surface area contributed by atoms with Crippen LogP contribution in [0.2, 0.25) is 0 Å². The Kier molecular flexibility index (Phi) is 3.63. The van der Waals surface area contributed by atoms with Crippen molar-refractivity contribution in [2.24, 2.45) is 0 Å². The van der Waals surface area contributed by atoms with Gasteiger partial charge in [-0.1, -0.05) is 11.3 Å². The van der Waals surface area contributed by atoms with Crippen molar-refractivity contribution in [2.45, 2.75) is 19.8 Å². The molecule has 0 spiro atoms. The first-order valence-electron chi connectivity index (χ1n) is 5.62. The highest BCUT2D eigenvalue weighted by molar-refractivity contribution is 7.16. The van der Waals surface area contributed by atoms with Crippen LogP contribution in [0.5, 0.6) is 0 Å². The van der Waals surface area contributed by atoms with Gasteiger partial charge in [-0.25, -0.2) is 4.98 Å². The fourth-order valence-electron chi connectivity index (χ4n) is 1.71. The molecule has 2 rings (SSSR count). The molecular formula is C11H14F2N2O2S. The van der Waals surface area contributed by atoms with E-state index in [1.54, 1.807) is 0 Å². The number of aromatic nitrogens is 1. The topological polar surface area (TPSA) is 42.4 Å². The maximum Gasteiger partial charge on any atom is 0.296 e. The van der Waals surface area contributed by atoms with E-state index in [2.05, 4.69) is 4.98 Å². The second-order valence-corrected chi connectivity index (χ2v) is 5.19. The molecule has 0 aliphatic carbocycles. The van der Waals surface area contributed by atoms with Crippen molar-refractivity contribution in [1.82, 2.24) is 4.98 Å². The number of ether oxygens (including phenoxy) is 1. The molecule has 7 heteroatoms. The number of ketones is 1. The summed E-state index contributed by atoms with van der Waals surface area (Å²) in [7, 11) is 0. The van der Waals surface area contributed by atoms with Crippen LogP contribution >= 0.6 is 11.3 Å². The summed E-state index contributed by atoms with van der Waals surface area (Å²) in [6, 6.07) is 0. The highest BCUT2D eigenvalue weighted by Crippen LogP contribution is 2.37. The monoisotopic (exact) mass is 276 g/mol. The van der Waals surface area contributed by atoms with Crippen molar-refractivity contribution in [3.8, 4) is 0 Å². The third-order valence-electron chi connectivity index (χ3n) is 2.62. The minimum absolute atomic E-state index is 0.137. The second-order valence-electron chi connectivity index (χ2n) is 4.22. The summed E-state index contributed by atoms with van der Waals surface area (Å²) in [6.07, 6.45) is 0. The molecule has 1 saturated heterocycles. The van der Waals surface area contributed by atoms with Crippen molar-refractivity contribution in [3.05, 3.63) is 10.7 Å². The number of anilines is 1. The Morgan fingerprint density at radius 1 is 1.44 bits per heavy atom. The van der Waals surface area contributed by atoms with Crippen molar-refractivity contribution in [2.75, 3.05) is 31.2 Å². The zero-order chi connectivity index (χ0) is 13.3. The molecule has 1 aliphatic rings. The molecular weight excluding hydrogens is 262 g/mol. The Morgan fingerprint density at radius 3 is 2.56 bits per heavy atom. The number of Topliss-reactive ketones (excluding diaryl/α,β-unsaturated/α-hetero) is 1. The minimum atomic E-state index is -3.01. The van der Waals surface area contributed by atoms with Gasteiger partial charge in [0.15, 0.2) is 10.8 Å². The quantitative estimate of drug-likeness (QED) is 0.794. The normalized spacial score (nSPS) is 17.0. The Hall–Kier alpha value is -1.08. The van der Waals surface area contributed by atoms with Crippen LogP contribution in [0, 0.1) is 0 Å². The summed E-state index contributed by atoms with van der Waals surface area (Å²) >= 11 is 0.890. The first-order valence-corrected chi connectivity index (χ1v) is 6.44. The lowest BCUT2D eigenvalue weighted by molar-refractivity contribution is 0.0171. The average molecular weight is 276 g/mol. The lowest BCUT2D eigenvalue weighted by Crippen LogP contribution is -2.36. The van der Waals surface area contributed by atoms with Crippen LogP contribution in [0.1, 0.15) is 29.3 Å². The fourth-order valence-corrected chi connectivity index (χ4v) is 2.81. The van der Waals surface area contributed by atoms with E-state index >= 15 is 0 Å². The van der Waals surface area contributed by atoms with E-state index in [1.807, 2.05) is 4.90 Å². The lowest BCUT2D eigenvalue weighted by Gasteiger charge is -2.27. The van der Waals surface area contributed by atoms with Crippen LogP contribution in [-0.2, 0) is 10.7 Å². The van der Waals surface area contributed by atoms with Gasteiger partial charge >= 0.3 is 0 Å². The maximum atomic E-state index is 13.3. The third-order valence-corrected chi connectivity index (χ3v) is 3.90. The molecule has 1 aromatic heterocycles. The van der Waals surface area contributed by atoms with Gasteiger partial charge in [0.25, 0.3) is 5.92 Å². The minimum Gasteiger partial charge on any atom is -0.378 e. The lowest BCUT2D eigenvalue weighted by atomic mass is 10.3. The number of thiazole rings is 1. The summed E-state index contributed by atoms with van der Waals surface area (Å²) in [4.78, 5) is 17.2. The molecule has 0 aromatic carbocycles. The second kappa shape index (κ2) is 4.89. The summed E-state index contributed by atoms with van der Waals surface area (Å²) < 4.78 is 31.7. The van der Waals surface area contributed by atoms with Gasteiger partial charge in [-0.05, 0) is 0 Å². The summed E-state index contributed by atoms with van der Waals surface area (Å²) in [5.74, 6) is -3.30. The van der Waals surface area contributed by atoms with Crippen molar-refractivity contribution >= 4 is 22.1 Å². The fraction of sp³-hybridized carbons (Fsp3) is 0.636. The van der Waals surface area contributed by atoms with Crippen LogP contribution in [0.3, 0.4) is 0 Å². The predicted molar refractivity (Wildman–Crippen MR) is 64.7 cm³/mol. The van der Waals surface area contributed by atoms with Crippen LogP contribution < -0.4 is 4.90 Å². The van der Waals surface area contributed by atoms with Crippen LogP contribution in [-0.4, -0.2) is 37.1 Å². The molecule has 1 aliphatic heterocycles. The molecule has 4 nitrogen and oxygen atoms in total. The van der Waals surface area contributed by atoms with Gasteiger partial charge < -0.3 is 9.64 Å². The van der Waals surface area contributed by atoms with Gasteiger partial charge in [0.1, 0.15) is 10.7 Å². The summed E-state index contributed by atoms with van der Waals surface area (Å²) in [5, 5.41) is 0.219. The van der Waals surface area contributed by atoms with E-state index in [9.17, 15) is 13.6 Å². The molecule has 1 fully saturated rings. The standard InChI is InChI=1S/C11H14F2N2O2S/c1-7(16)8-9(15-3-5-17-6-4-15)18-10(14-8)11(2,12)13/h3-6H2,1-2H3. The highest BCUT2D eigenvalue weighted by Gasteiger charge is 2.33. The molecule has 18 heavy (non-hydrogen) atoms. The summed E-state index contributed by atoms with van der Waals surface area (Å²) in [5.41, 5.74) is 0.137. The van der Waals surface area contributed by atoms with Gasteiger partial charge in [-0.2, -0.15) is 8.78 Å². The Morgan fingerprint density at radius 2 is 2.06 bits per heavy atom. The first-order chi connectivity index (χ1) is 8.39. The molecule has 0 amide bonds. The molecule has 2 heterocycles. The van der Waals surface area contributed by atoms with Crippen LogP contribution in [0.25, 0.3) is 0 Å². The van der Waals surface area contributed by atoms with E-state index < -0.39 is 5.92 Å². The zero-order valence-electron chi connectivity index (χ0n) is 10.2. The van der Waals surface area contributed by atoms with E-state index in [0.717, 1.165) is 18.3 Å². The van der Waals surface area contributed by atoms with E-state index in [0.29, 0.717) is 31.3 Å². The first kappa shape index (κ1) is 13.4. The molecule has 0 bridgehead atoms. The van der Waals surface area contributed by atoms with Gasteiger partial charge in [-0.15, -0.1) is 0 Å². The average Bonchev–Trinajstić information content (AvgIpc) is 2.74. The number of hydrogen-bond acceptors (Lipinski definition) is 5. The van der Waals surface area contributed by atoms with Crippen LogP contribution in [0.15, 0.2) is 0 Å². The Labute approximate surface area is 108 Å². The smallest absolute Gasteiger partial charge is 0.296 e. The van der Waals surface area contributed by atoms with Gasteiger partial charge in [-0.3, -0.25) is 4.79 Å². The summed E-state index contributed by atoms with van der Waals surface area (Å²) in [6.45, 7) is 4.39. The van der Waals surface area contributed by atoms with Gasteiger partial charge in [0, 0.05) is 26.9 Å². The Balaban J connectivity index is 2.38. The molecule has 0 atom stereocenters. The third kappa shape index (κ3) is 2.67. The Bertz CT molecular complexity index is 450. The maximum absolute atomic E-state index is 13.3. The van der Waals surface area contributed by atoms with E-state index in [1.165, 1.54) is 6.92 Å². The SMILES string of the molecule is CC(=O)c1nc(C(C)(F)F)sc1N1CCOCC1. The number of nitrogens with zero attached hydrogens (tertiary/aromatic N) is 2.